The molecule has 7 heteroatoms. The van der Waals surface area contributed by atoms with Gasteiger partial charge in [-0.05, 0) is 61.2 Å². The molecule has 0 aliphatic carbocycles. The molecule has 30 heavy (non-hydrogen) atoms. The Morgan fingerprint density at radius 2 is 1.73 bits per heavy atom. The summed E-state index contributed by atoms with van der Waals surface area (Å²) in [6, 6.07) is 15.1. The molecule has 1 aliphatic rings. The number of benzene rings is 2. The van der Waals surface area contributed by atoms with Crippen molar-refractivity contribution in [3.63, 3.8) is 0 Å². The quantitative estimate of drug-likeness (QED) is 0.588. The predicted octanol–water partition coefficient (Wildman–Crippen LogP) is 4.05. The Morgan fingerprint density at radius 3 is 2.40 bits per heavy atom. The number of aromatic nitrogens is 2. The third kappa shape index (κ3) is 4.30. The smallest absolute Gasteiger partial charge is 0.249 e. The fraction of sp³-hybridized carbons (Fsp3) is 0.348. The number of likely N-dealkylation sites (tertiary alicyclic amines) is 1. The maximum atomic E-state index is 12.9. The number of ether oxygens (including phenoxy) is 2. The van der Waals surface area contributed by atoms with Crippen molar-refractivity contribution in [2.75, 3.05) is 20.8 Å². The maximum Gasteiger partial charge on any atom is 0.249 e. The minimum absolute atomic E-state index is 0.109. The fourth-order valence-electron chi connectivity index (χ4n) is 3.74. The second-order valence-corrected chi connectivity index (χ2v) is 7.28. The van der Waals surface area contributed by atoms with Crippen molar-refractivity contribution >= 4 is 5.91 Å². The number of hydrogen-bond acceptors (Lipinski definition) is 6. The molecule has 4 rings (SSSR count). The molecule has 156 valence electrons. The van der Waals surface area contributed by atoms with Gasteiger partial charge in [0.05, 0.1) is 14.2 Å². The van der Waals surface area contributed by atoms with Crippen molar-refractivity contribution in [3.05, 3.63) is 60.0 Å². The lowest BCUT2D eigenvalue weighted by molar-refractivity contribution is -0.132. The predicted molar refractivity (Wildman–Crippen MR) is 111 cm³/mol. The van der Waals surface area contributed by atoms with Gasteiger partial charge in [-0.15, -0.1) is 0 Å². The number of aryl methyl sites for hydroxylation is 1. The van der Waals surface area contributed by atoms with E-state index in [1.165, 1.54) is 0 Å². The molecule has 1 fully saturated rings. The number of hydrogen-bond donors (Lipinski definition) is 0. The summed E-state index contributed by atoms with van der Waals surface area (Å²) in [5, 5.41) is 4.11. The van der Waals surface area contributed by atoms with Gasteiger partial charge in [-0.1, -0.05) is 17.3 Å². The molecular weight excluding hydrogens is 382 g/mol. The number of rotatable bonds is 7. The molecule has 0 saturated carbocycles. The summed E-state index contributed by atoms with van der Waals surface area (Å²) < 4.78 is 15.9. The Hall–Kier alpha value is -3.35. The summed E-state index contributed by atoms with van der Waals surface area (Å²) in [5.74, 6) is 2.71. The van der Waals surface area contributed by atoms with Crippen molar-refractivity contribution in [1.29, 1.82) is 0 Å². The normalized spacial score (nSPS) is 15.9. The van der Waals surface area contributed by atoms with E-state index in [0.29, 0.717) is 31.1 Å². The van der Waals surface area contributed by atoms with Crippen molar-refractivity contribution < 1.29 is 18.8 Å². The van der Waals surface area contributed by atoms with E-state index < -0.39 is 0 Å². The van der Waals surface area contributed by atoms with Gasteiger partial charge < -0.3 is 18.9 Å². The number of carbonyl (C=O) groups is 1. The zero-order valence-electron chi connectivity index (χ0n) is 17.2. The second kappa shape index (κ2) is 8.98. The Balaban J connectivity index is 1.41. The molecule has 3 aromatic rings. The molecule has 1 saturated heterocycles. The van der Waals surface area contributed by atoms with Gasteiger partial charge in [-0.25, -0.2) is 0 Å². The molecule has 0 N–H and O–H groups in total. The molecule has 0 radical (unpaired) electrons. The van der Waals surface area contributed by atoms with Crippen LogP contribution in [0.5, 0.6) is 11.5 Å². The number of carbonyl (C=O) groups excluding carboxylic acids is 1. The van der Waals surface area contributed by atoms with E-state index in [9.17, 15) is 4.79 Å². The molecule has 1 aromatic heterocycles. The van der Waals surface area contributed by atoms with Crippen LogP contribution >= 0.6 is 0 Å². The first-order valence-corrected chi connectivity index (χ1v) is 10.1. The van der Waals surface area contributed by atoms with Crippen LogP contribution in [0.3, 0.4) is 0 Å². The lowest BCUT2D eigenvalue weighted by Crippen LogP contribution is -2.30. The highest BCUT2D eigenvalue weighted by Gasteiger charge is 2.33. The van der Waals surface area contributed by atoms with Gasteiger partial charge in [-0.3, -0.25) is 4.79 Å². The third-order valence-corrected chi connectivity index (χ3v) is 5.43. The summed E-state index contributed by atoms with van der Waals surface area (Å²) in [4.78, 5) is 19.3. The SMILES string of the molecule is COc1ccc(CCC(=O)N2CCC[C@H]2c2nc(-c3ccc(OC)cc3)no2)cc1. The molecular formula is C23H25N3O4. The van der Waals surface area contributed by atoms with E-state index in [0.717, 1.165) is 35.5 Å². The fourth-order valence-corrected chi connectivity index (χ4v) is 3.74. The van der Waals surface area contributed by atoms with Crippen molar-refractivity contribution in [3.8, 4) is 22.9 Å². The van der Waals surface area contributed by atoms with Gasteiger partial charge in [0, 0.05) is 18.5 Å². The third-order valence-electron chi connectivity index (χ3n) is 5.43. The van der Waals surface area contributed by atoms with Gasteiger partial charge in [0.15, 0.2) is 0 Å². The van der Waals surface area contributed by atoms with Gasteiger partial charge in [0.2, 0.25) is 17.6 Å². The second-order valence-electron chi connectivity index (χ2n) is 7.28. The lowest BCUT2D eigenvalue weighted by Gasteiger charge is -2.21. The summed E-state index contributed by atoms with van der Waals surface area (Å²) in [6.07, 6.45) is 2.90. The van der Waals surface area contributed by atoms with E-state index in [2.05, 4.69) is 10.1 Å². The lowest BCUT2D eigenvalue weighted by atomic mass is 10.1. The van der Waals surface area contributed by atoms with E-state index >= 15 is 0 Å². The van der Waals surface area contributed by atoms with Crippen molar-refractivity contribution in [1.82, 2.24) is 15.0 Å². The summed E-state index contributed by atoms with van der Waals surface area (Å²) in [6.45, 7) is 0.715. The van der Waals surface area contributed by atoms with Crippen molar-refractivity contribution in [2.24, 2.45) is 0 Å². The van der Waals surface area contributed by atoms with E-state index in [4.69, 9.17) is 14.0 Å². The van der Waals surface area contributed by atoms with Crippen LogP contribution in [-0.2, 0) is 11.2 Å². The highest BCUT2D eigenvalue weighted by atomic mass is 16.5. The molecule has 1 amide bonds. The van der Waals surface area contributed by atoms with E-state index in [1.807, 2.05) is 53.4 Å². The Bertz CT molecular complexity index is 982. The zero-order chi connectivity index (χ0) is 20.9. The number of nitrogens with zero attached hydrogens (tertiary/aromatic N) is 3. The van der Waals surface area contributed by atoms with Crippen LogP contribution in [0.2, 0.25) is 0 Å². The topological polar surface area (TPSA) is 77.7 Å². The minimum atomic E-state index is -0.159. The summed E-state index contributed by atoms with van der Waals surface area (Å²) in [5.41, 5.74) is 1.96. The Labute approximate surface area is 175 Å². The molecule has 0 unspecified atom stereocenters. The number of methoxy groups -OCH3 is 2. The number of amides is 1. The average Bonchev–Trinajstić information content (AvgIpc) is 3.47. The molecule has 1 aliphatic heterocycles. The van der Waals surface area contributed by atoms with Crippen LogP contribution in [0, 0.1) is 0 Å². The average molecular weight is 407 g/mol. The van der Waals surface area contributed by atoms with Crippen LogP contribution < -0.4 is 9.47 Å². The van der Waals surface area contributed by atoms with E-state index in [-0.39, 0.29) is 11.9 Å². The monoisotopic (exact) mass is 407 g/mol. The van der Waals surface area contributed by atoms with Gasteiger partial charge in [0.25, 0.3) is 0 Å². The highest BCUT2D eigenvalue weighted by molar-refractivity contribution is 5.77. The van der Waals surface area contributed by atoms with Crippen LogP contribution in [0.1, 0.15) is 36.8 Å². The Kier molecular flexibility index (Phi) is 5.97. The molecule has 2 aromatic carbocycles. The minimum Gasteiger partial charge on any atom is -0.497 e. The summed E-state index contributed by atoms with van der Waals surface area (Å²) in [7, 11) is 3.27. The Morgan fingerprint density at radius 1 is 1.07 bits per heavy atom. The zero-order valence-corrected chi connectivity index (χ0v) is 17.2. The van der Waals surface area contributed by atoms with Crippen molar-refractivity contribution in [2.45, 2.75) is 31.7 Å². The standard InChI is InChI=1S/C23H25N3O4/c1-28-18-10-5-16(6-11-18)7-14-21(27)26-15-3-4-20(26)23-24-22(25-30-23)17-8-12-19(29-2)13-9-17/h5-6,8-13,20H,3-4,7,14-15H2,1-2H3/t20-/m0/s1. The van der Waals surface area contributed by atoms with Crippen LogP contribution in [0.4, 0.5) is 0 Å². The first-order valence-electron chi connectivity index (χ1n) is 10.1. The van der Waals surface area contributed by atoms with Gasteiger partial charge in [-0.2, -0.15) is 4.98 Å². The molecule has 7 nitrogen and oxygen atoms in total. The van der Waals surface area contributed by atoms with Crippen LogP contribution in [0.25, 0.3) is 11.4 Å². The molecule has 0 bridgehead atoms. The largest absolute Gasteiger partial charge is 0.497 e. The van der Waals surface area contributed by atoms with Crippen LogP contribution in [0.15, 0.2) is 53.1 Å². The first-order chi connectivity index (χ1) is 14.7. The molecule has 0 spiro atoms. The van der Waals surface area contributed by atoms with Gasteiger partial charge in [0.1, 0.15) is 17.5 Å². The molecule has 2 heterocycles. The van der Waals surface area contributed by atoms with E-state index in [1.54, 1.807) is 14.2 Å². The van der Waals surface area contributed by atoms with Gasteiger partial charge >= 0.3 is 0 Å². The summed E-state index contributed by atoms with van der Waals surface area (Å²) >= 11 is 0. The van der Waals surface area contributed by atoms with Crippen LogP contribution in [-0.4, -0.2) is 41.7 Å². The highest BCUT2D eigenvalue weighted by Crippen LogP contribution is 2.33. The maximum absolute atomic E-state index is 12.9. The first kappa shape index (κ1) is 19.9. The molecule has 1 atom stereocenters.